The lowest BCUT2D eigenvalue weighted by Gasteiger charge is -2.18. The van der Waals surface area contributed by atoms with E-state index in [0.29, 0.717) is 11.3 Å². The quantitative estimate of drug-likeness (QED) is 0.761. The van der Waals surface area contributed by atoms with Crippen LogP contribution in [0.1, 0.15) is 35.3 Å². The van der Waals surface area contributed by atoms with Gasteiger partial charge in [-0.2, -0.15) is 0 Å². The van der Waals surface area contributed by atoms with Gasteiger partial charge < -0.3 is 21.1 Å². The Labute approximate surface area is 141 Å². The normalized spacial score (nSPS) is 11.4. The van der Waals surface area contributed by atoms with E-state index < -0.39 is 6.03 Å². The maximum atomic E-state index is 12.4. The van der Waals surface area contributed by atoms with Gasteiger partial charge in [-0.05, 0) is 48.4 Å². The first-order chi connectivity index (χ1) is 11.5. The molecule has 0 spiro atoms. The fourth-order valence-electron chi connectivity index (χ4n) is 2.35. The van der Waals surface area contributed by atoms with E-state index in [1.54, 1.807) is 31.4 Å². The molecule has 0 aromatic heterocycles. The smallest absolute Gasteiger partial charge is 0.316 e. The zero-order chi connectivity index (χ0) is 17.5. The molecule has 2 aromatic rings. The lowest BCUT2D eigenvalue weighted by atomic mass is 10.0. The number of ether oxygens (including phenoxy) is 1. The maximum Gasteiger partial charge on any atom is 0.316 e. The predicted octanol–water partition coefficient (Wildman–Crippen LogP) is 3.07. The van der Waals surface area contributed by atoms with E-state index in [9.17, 15) is 9.59 Å². The minimum Gasteiger partial charge on any atom is -0.497 e. The average Bonchev–Trinajstić information content (AvgIpc) is 2.59. The van der Waals surface area contributed by atoms with E-state index in [4.69, 9.17) is 10.5 Å². The number of anilines is 1. The minimum atomic E-state index is -0.641. The highest BCUT2D eigenvalue weighted by Crippen LogP contribution is 2.21. The van der Waals surface area contributed by atoms with Gasteiger partial charge in [0.2, 0.25) is 0 Å². The highest BCUT2D eigenvalue weighted by Gasteiger charge is 2.14. The van der Waals surface area contributed by atoms with Crippen molar-refractivity contribution in [3.8, 4) is 5.75 Å². The van der Waals surface area contributed by atoms with Crippen molar-refractivity contribution in [3.63, 3.8) is 0 Å². The summed E-state index contributed by atoms with van der Waals surface area (Å²) in [6.45, 7) is 2.01. The number of primary amides is 1. The third-order valence-corrected chi connectivity index (χ3v) is 3.65. The lowest BCUT2D eigenvalue weighted by molar-refractivity contribution is 0.0935. The number of rotatable bonds is 6. The van der Waals surface area contributed by atoms with Gasteiger partial charge in [-0.1, -0.05) is 19.1 Å². The van der Waals surface area contributed by atoms with Gasteiger partial charge in [0.05, 0.1) is 13.2 Å². The van der Waals surface area contributed by atoms with Gasteiger partial charge >= 0.3 is 6.03 Å². The number of urea groups is 1. The number of benzene rings is 2. The van der Waals surface area contributed by atoms with Crippen molar-refractivity contribution >= 4 is 17.6 Å². The van der Waals surface area contributed by atoms with E-state index >= 15 is 0 Å². The van der Waals surface area contributed by atoms with Gasteiger partial charge in [0.15, 0.2) is 0 Å². The van der Waals surface area contributed by atoms with Crippen LogP contribution in [0.25, 0.3) is 0 Å². The summed E-state index contributed by atoms with van der Waals surface area (Å²) in [7, 11) is 1.62. The van der Waals surface area contributed by atoms with Gasteiger partial charge in [0, 0.05) is 11.3 Å². The molecule has 6 nitrogen and oxygen atoms in total. The van der Waals surface area contributed by atoms with Gasteiger partial charge in [-0.15, -0.1) is 0 Å². The summed E-state index contributed by atoms with van der Waals surface area (Å²) in [5, 5.41) is 5.46. The number of nitrogens with one attached hydrogen (secondary N) is 2. The standard InChI is InChI=1S/C18H21N3O3/c1-3-16(12-6-10-15(24-2)11-7-12)21-17(22)13-4-8-14(9-5-13)20-18(19)23/h4-11,16H,3H2,1-2H3,(H,21,22)(H3,19,20,23). The second-order valence-electron chi connectivity index (χ2n) is 5.27. The number of methoxy groups -OCH3 is 1. The number of carbonyl (C=O) groups is 2. The summed E-state index contributed by atoms with van der Waals surface area (Å²) >= 11 is 0. The summed E-state index contributed by atoms with van der Waals surface area (Å²) in [5.41, 5.74) is 7.12. The molecule has 0 fully saturated rings. The number of carbonyl (C=O) groups excluding carboxylic acids is 2. The van der Waals surface area contributed by atoms with Crippen molar-refractivity contribution in [2.24, 2.45) is 5.73 Å². The minimum absolute atomic E-state index is 0.0909. The van der Waals surface area contributed by atoms with E-state index in [1.165, 1.54) is 0 Å². The first-order valence-electron chi connectivity index (χ1n) is 7.64. The van der Waals surface area contributed by atoms with Crippen molar-refractivity contribution in [2.75, 3.05) is 12.4 Å². The van der Waals surface area contributed by atoms with Crippen molar-refractivity contribution in [1.82, 2.24) is 5.32 Å². The summed E-state index contributed by atoms with van der Waals surface area (Å²) in [6, 6.07) is 13.4. The molecule has 2 rings (SSSR count). The monoisotopic (exact) mass is 327 g/mol. The average molecular weight is 327 g/mol. The molecule has 2 aromatic carbocycles. The summed E-state index contributed by atoms with van der Waals surface area (Å²) < 4.78 is 5.15. The molecule has 0 radical (unpaired) electrons. The van der Waals surface area contributed by atoms with Crippen LogP contribution in [0.3, 0.4) is 0 Å². The molecule has 0 aliphatic heterocycles. The predicted molar refractivity (Wildman–Crippen MR) is 93.1 cm³/mol. The molecule has 0 bridgehead atoms. The molecule has 1 atom stereocenters. The molecule has 0 aliphatic carbocycles. The first-order valence-corrected chi connectivity index (χ1v) is 7.64. The Kier molecular flexibility index (Phi) is 5.78. The maximum absolute atomic E-state index is 12.4. The Morgan fingerprint density at radius 3 is 2.21 bits per heavy atom. The summed E-state index contributed by atoms with van der Waals surface area (Å²) in [5.74, 6) is 0.598. The van der Waals surface area contributed by atoms with Gasteiger partial charge in [0.1, 0.15) is 5.75 Å². The van der Waals surface area contributed by atoms with Crippen LogP contribution in [-0.4, -0.2) is 19.0 Å². The highest BCUT2D eigenvalue weighted by molar-refractivity contribution is 5.95. The van der Waals surface area contributed by atoms with Crippen LogP contribution in [0.5, 0.6) is 5.75 Å². The largest absolute Gasteiger partial charge is 0.497 e. The molecule has 3 amide bonds. The third kappa shape index (κ3) is 4.49. The molecule has 0 saturated carbocycles. The Balaban J connectivity index is 2.06. The number of hydrogen-bond donors (Lipinski definition) is 3. The fraction of sp³-hybridized carbons (Fsp3) is 0.222. The Bertz CT molecular complexity index is 696. The zero-order valence-electron chi connectivity index (χ0n) is 13.7. The molecule has 4 N–H and O–H groups in total. The topological polar surface area (TPSA) is 93.5 Å². The molecule has 0 saturated heterocycles. The Hall–Kier alpha value is -3.02. The van der Waals surface area contributed by atoms with Gasteiger partial charge in [-0.3, -0.25) is 4.79 Å². The van der Waals surface area contributed by atoms with Crippen LogP contribution in [-0.2, 0) is 0 Å². The number of hydrogen-bond acceptors (Lipinski definition) is 3. The molecular weight excluding hydrogens is 306 g/mol. The number of amides is 3. The van der Waals surface area contributed by atoms with E-state index in [-0.39, 0.29) is 11.9 Å². The van der Waals surface area contributed by atoms with Crippen molar-refractivity contribution < 1.29 is 14.3 Å². The highest BCUT2D eigenvalue weighted by atomic mass is 16.5. The second-order valence-corrected chi connectivity index (χ2v) is 5.27. The van der Waals surface area contributed by atoms with Crippen LogP contribution in [0.4, 0.5) is 10.5 Å². The van der Waals surface area contributed by atoms with Gasteiger partial charge in [0.25, 0.3) is 5.91 Å². The van der Waals surface area contributed by atoms with Crippen molar-refractivity contribution in [1.29, 1.82) is 0 Å². The number of nitrogens with two attached hydrogens (primary N) is 1. The third-order valence-electron chi connectivity index (χ3n) is 3.65. The van der Waals surface area contributed by atoms with E-state index in [0.717, 1.165) is 17.7 Å². The van der Waals surface area contributed by atoms with Crippen LogP contribution < -0.4 is 21.1 Å². The molecule has 126 valence electrons. The molecule has 1 unspecified atom stereocenters. The van der Waals surface area contributed by atoms with Gasteiger partial charge in [-0.25, -0.2) is 4.79 Å². The molecule has 6 heteroatoms. The fourth-order valence-corrected chi connectivity index (χ4v) is 2.35. The Morgan fingerprint density at radius 1 is 1.08 bits per heavy atom. The van der Waals surface area contributed by atoms with E-state index in [1.807, 2.05) is 31.2 Å². The molecule has 24 heavy (non-hydrogen) atoms. The van der Waals surface area contributed by atoms with Crippen molar-refractivity contribution in [3.05, 3.63) is 59.7 Å². The summed E-state index contributed by atoms with van der Waals surface area (Å²) in [6.07, 6.45) is 0.763. The SMILES string of the molecule is CCC(NC(=O)c1ccc(NC(N)=O)cc1)c1ccc(OC)cc1. The molecule has 0 aliphatic rings. The molecular formula is C18H21N3O3. The zero-order valence-corrected chi connectivity index (χ0v) is 13.7. The summed E-state index contributed by atoms with van der Waals surface area (Å²) in [4.78, 5) is 23.2. The first kappa shape index (κ1) is 17.3. The van der Waals surface area contributed by atoms with Crippen LogP contribution in [0.2, 0.25) is 0 Å². The van der Waals surface area contributed by atoms with E-state index in [2.05, 4.69) is 10.6 Å². The lowest BCUT2D eigenvalue weighted by Crippen LogP contribution is -2.28. The van der Waals surface area contributed by atoms with Crippen LogP contribution in [0.15, 0.2) is 48.5 Å². The van der Waals surface area contributed by atoms with Crippen LogP contribution >= 0.6 is 0 Å². The second kappa shape index (κ2) is 8.01. The molecule has 0 heterocycles. The van der Waals surface area contributed by atoms with Crippen LogP contribution in [0, 0.1) is 0 Å². The van der Waals surface area contributed by atoms with Crippen molar-refractivity contribution in [2.45, 2.75) is 19.4 Å². The Morgan fingerprint density at radius 2 is 1.71 bits per heavy atom.